The van der Waals surface area contributed by atoms with Crippen molar-refractivity contribution in [3.05, 3.63) is 54.2 Å². The highest BCUT2D eigenvalue weighted by Gasteiger charge is 2.04. The molecule has 0 fully saturated rings. The Kier molecular flexibility index (Phi) is 3.48. The van der Waals surface area contributed by atoms with Gasteiger partial charge in [-0.3, -0.25) is 4.72 Å². The van der Waals surface area contributed by atoms with Gasteiger partial charge in [0.2, 0.25) is 0 Å². The maximum absolute atomic E-state index is 11.9. The van der Waals surface area contributed by atoms with Gasteiger partial charge in [0.1, 0.15) is 5.82 Å². The summed E-state index contributed by atoms with van der Waals surface area (Å²) in [6, 6.07) is 14.2. The van der Waals surface area contributed by atoms with E-state index in [1.807, 2.05) is 24.3 Å². The second-order valence-corrected chi connectivity index (χ2v) is 4.44. The third-order valence-electron chi connectivity index (χ3n) is 2.04. The zero-order chi connectivity index (χ0) is 12.1. The SMILES string of the molecule is N#Cc1ccnc(NS(=O)c2ccccc2)c1. The summed E-state index contributed by atoms with van der Waals surface area (Å²) in [6.07, 6.45) is 1.50. The van der Waals surface area contributed by atoms with Gasteiger partial charge in [-0.05, 0) is 24.3 Å². The highest BCUT2D eigenvalue weighted by Crippen LogP contribution is 2.11. The first kappa shape index (κ1) is 11.3. The molecule has 0 amide bonds. The highest BCUT2D eigenvalue weighted by molar-refractivity contribution is 7.86. The third kappa shape index (κ3) is 2.89. The average molecular weight is 243 g/mol. The lowest BCUT2D eigenvalue weighted by molar-refractivity contribution is 0.686. The molecule has 1 unspecified atom stereocenters. The van der Waals surface area contributed by atoms with Gasteiger partial charge in [0, 0.05) is 6.20 Å². The quantitative estimate of drug-likeness (QED) is 0.897. The number of benzene rings is 1. The van der Waals surface area contributed by atoms with Crippen LogP contribution in [0, 0.1) is 11.3 Å². The predicted molar refractivity (Wildman–Crippen MR) is 65.4 cm³/mol. The van der Waals surface area contributed by atoms with E-state index < -0.39 is 11.0 Å². The molecule has 1 N–H and O–H groups in total. The van der Waals surface area contributed by atoms with Crippen molar-refractivity contribution in [3.63, 3.8) is 0 Å². The second kappa shape index (κ2) is 5.23. The molecule has 0 saturated carbocycles. The number of rotatable bonds is 3. The molecule has 2 rings (SSSR count). The van der Waals surface area contributed by atoms with Crippen LogP contribution in [0.25, 0.3) is 0 Å². The maximum atomic E-state index is 11.9. The summed E-state index contributed by atoms with van der Waals surface area (Å²) in [5, 5.41) is 8.73. The van der Waals surface area contributed by atoms with Crippen molar-refractivity contribution in [2.24, 2.45) is 0 Å². The summed E-state index contributed by atoms with van der Waals surface area (Å²) < 4.78 is 14.6. The molecule has 0 saturated heterocycles. The minimum atomic E-state index is -1.37. The van der Waals surface area contributed by atoms with E-state index in [4.69, 9.17) is 5.26 Å². The summed E-state index contributed by atoms with van der Waals surface area (Å²) >= 11 is 0. The summed E-state index contributed by atoms with van der Waals surface area (Å²) in [5.74, 6) is 0.422. The molecule has 1 aromatic carbocycles. The molecular formula is C12H9N3OS. The molecule has 1 heterocycles. The third-order valence-corrected chi connectivity index (χ3v) is 3.14. The Morgan fingerprint density at radius 2 is 2.00 bits per heavy atom. The number of nitrogens with one attached hydrogen (secondary N) is 1. The predicted octanol–water partition coefficient (Wildman–Crippen LogP) is 2.09. The fourth-order valence-electron chi connectivity index (χ4n) is 1.25. The van der Waals surface area contributed by atoms with Gasteiger partial charge >= 0.3 is 0 Å². The smallest absolute Gasteiger partial charge is 0.151 e. The number of hydrogen-bond donors (Lipinski definition) is 1. The monoisotopic (exact) mass is 243 g/mol. The van der Waals surface area contributed by atoms with Gasteiger partial charge in [0.25, 0.3) is 0 Å². The molecule has 4 nitrogen and oxygen atoms in total. The minimum absolute atomic E-state index is 0.422. The highest BCUT2D eigenvalue weighted by atomic mass is 32.2. The van der Waals surface area contributed by atoms with Crippen molar-refractivity contribution < 1.29 is 4.21 Å². The summed E-state index contributed by atoms with van der Waals surface area (Å²) in [7, 11) is -1.37. The number of anilines is 1. The molecule has 0 spiro atoms. The normalized spacial score (nSPS) is 11.5. The standard InChI is InChI=1S/C12H9N3OS/c13-9-10-6-7-14-12(8-10)15-17(16)11-4-2-1-3-5-11/h1-8H,(H,14,15). The van der Waals surface area contributed by atoms with Crippen LogP contribution in [0.15, 0.2) is 53.6 Å². The number of pyridine rings is 1. The maximum Gasteiger partial charge on any atom is 0.151 e. The molecule has 0 radical (unpaired) electrons. The molecule has 17 heavy (non-hydrogen) atoms. The Labute approximate surface area is 102 Å². The van der Waals surface area contributed by atoms with Crippen LogP contribution >= 0.6 is 0 Å². The largest absolute Gasteiger partial charge is 0.285 e. The van der Waals surface area contributed by atoms with Crippen LogP contribution in [-0.2, 0) is 11.0 Å². The van der Waals surface area contributed by atoms with E-state index in [0.29, 0.717) is 16.3 Å². The van der Waals surface area contributed by atoms with E-state index in [0.717, 1.165) is 0 Å². The van der Waals surface area contributed by atoms with Gasteiger partial charge in [0.05, 0.1) is 16.5 Å². The lowest BCUT2D eigenvalue weighted by atomic mass is 10.3. The van der Waals surface area contributed by atoms with Gasteiger partial charge < -0.3 is 0 Å². The van der Waals surface area contributed by atoms with E-state index in [1.54, 1.807) is 24.3 Å². The first-order valence-corrected chi connectivity index (χ1v) is 6.04. The van der Waals surface area contributed by atoms with Crippen molar-refractivity contribution in [3.8, 4) is 6.07 Å². The molecule has 0 bridgehead atoms. The minimum Gasteiger partial charge on any atom is -0.285 e. The van der Waals surface area contributed by atoms with E-state index in [2.05, 4.69) is 9.71 Å². The van der Waals surface area contributed by atoms with Crippen LogP contribution in [0.2, 0.25) is 0 Å². The molecule has 0 aliphatic heterocycles. The van der Waals surface area contributed by atoms with Crippen molar-refractivity contribution in [1.82, 2.24) is 4.98 Å². The van der Waals surface area contributed by atoms with Gasteiger partial charge in [-0.1, -0.05) is 18.2 Å². The van der Waals surface area contributed by atoms with E-state index in [9.17, 15) is 4.21 Å². The van der Waals surface area contributed by atoms with Crippen molar-refractivity contribution in [2.75, 3.05) is 4.72 Å². The zero-order valence-corrected chi connectivity index (χ0v) is 9.65. The number of aromatic nitrogens is 1. The summed E-state index contributed by atoms with van der Waals surface area (Å²) in [4.78, 5) is 4.66. The van der Waals surface area contributed by atoms with Gasteiger partial charge in [-0.15, -0.1) is 0 Å². The van der Waals surface area contributed by atoms with Gasteiger partial charge in [-0.25, -0.2) is 9.19 Å². The van der Waals surface area contributed by atoms with Crippen molar-refractivity contribution >= 4 is 16.8 Å². The fraction of sp³-hybridized carbons (Fsp3) is 0. The van der Waals surface area contributed by atoms with E-state index >= 15 is 0 Å². The Morgan fingerprint density at radius 3 is 2.71 bits per heavy atom. The van der Waals surface area contributed by atoms with Crippen LogP contribution < -0.4 is 4.72 Å². The molecule has 1 atom stereocenters. The zero-order valence-electron chi connectivity index (χ0n) is 8.83. The molecular weight excluding hydrogens is 234 g/mol. The lowest BCUT2D eigenvalue weighted by Crippen LogP contribution is -2.05. The molecule has 84 valence electrons. The van der Waals surface area contributed by atoms with E-state index in [1.165, 1.54) is 6.20 Å². The van der Waals surface area contributed by atoms with Gasteiger partial charge in [0.15, 0.2) is 11.0 Å². The Bertz CT molecular complexity index is 578. The molecule has 0 aliphatic carbocycles. The summed E-state index contributed by atoms with van der Waals surface area (Å²) in [5.41, 5.74) is 0.479. The average Bonchev–Trinajstić information content (AvgIpc) is 2.40. The second-order valence-electron chi connectivity index (χ2n) is 3.23. The number of hydrogen-bond acceptors (Lipinski definition) is 3. The van der Waals surface area contributed by atoms with Crippen LogP contribution in [-0.4, -0.2) is 9.19 Å². The number of nitrogens with zero attached hydrogens (tertiary/aromatic N) is 2. The van der Waals surface area contributed by atoms with Crippen LogP contribution in [0.4, 0.5) is 5.82 Å². The van der Waals surface area contributed by atoms with Crippen LogP contribution in [0.3, 0.4) is 0 Å². The van der Waals surface area contributed by atoms with Gasteiger partial charge in [-0.2, -0.15) is 5.26 Å². The van der Waals surface area contributed by atoms with Crippen LogP contribution in [0.1, 0.15) is 5.56 Å². The molecule has 0 aliphatic rings. The Balaban J connectivity index is 2.17. The number of nitriles is 1. The Hall–Kier alpha value is -2.19. The lowest BCUT2D eigenvalue weighted by Gasteiger charge is -2.04. The first-order chi connectivity index (χ1) is 8.29. The molecule has 5 heteroatoms. The summed E-state index contributed by atoms with van der Waals surface area (Å²) in [6.45, 7) is 0. The van der Waals surface area contributed by atoms with Crippen molar-refractivity contribution in [1.29, 1.82) is 5.26 Å². The Morgan fingerprint density at radius 1 is 1.24 bits per heavy atom. The van der Waals surface area contributed by atoms with Crippen LogP contribution in [0.5, 0.6) is 0 Å². The molecule has 1 aromatic heterocycles. The molecule has 2 aromatic rings. The first-order valence-electron chi connectivity index (χ1n) is 4.89. The topological polar surface area (TPSA) is 65.8 Å². The van der Waals surface area contributed by atoms with Crippen molar-refractivity contribution in [2.45, 2.75) is 4.90 Å². The van der Waals surface area contributed by atoms with E-state index in [-0.39, 0.29) is 0 Å². The fourth-order valence-corrected chi connectivity index (χ4v) is 2.08.